The fourth-order valence-corrected chi connectivity index (χ4v) is 5.36. The van der Waals surface area contributed by atoms with Crippen LogP contribution < -0.4 is 11.1 Å². The molecule has 1 N–H and O–H groups in total. The number of hydrogen-bond donors (Lipinski definition) is 1. The van der Waals surface area contributed by atoms with E-state index in [0.717, 1.165) is 16.8 Å². The maximum Gasteiger partial charge on any atom is 0.265 e. The molecule has 0 unspecified atom stereocenters. The van der Waals surface area contributed by atoms with Crippen LogP contribution in [0, 0.1) is 5.82 Å². The lowest BCUT2D eigenvalue weighted by atomic mass is 10.00. The third-order valence-corrected chi connectivity index (χ3v) is 7.67. The second kappa shape index (κ2) is 11.7. The largest absolute Gasteiger partial charge is 0.493 e. The maximum atomic E-state index is 15.3. The zero-order chi connectivity index (χ0) is 30.1. The highest BCUT2D eigenvalue weighted by Crippen LogP contribution is 2.27. The van der Waals surface area contributed by atoms with Gasteiger partial charge in [0.25, 0.3) is 11.1 Å². The van der Waals surface area contributed by atoms with Crippen molar-refractivity contribution in [3.8, 4) is 22.7 Å². The van der Waals surface area contributed by atoms with E-state index in [9.17, 15) is 14.7 Å². The Bertz CT molecular complexity index is 1840. The fourth-order valence-electron chi connectivity index (χ4n) is 5.36. The topological polar surface area (TPSA) is 92.5 Å². The number of aromatic hydroxyl groups is 1. The van der Waals surface area contributed by atoms with Gasteiger partial charge in [0.05, 0.1) is 23.2 Å². The molecule has 0 atom stereocenters. The Labute approximate surface area is 243 Å². The van der Waals surface area contributed by atoms with Gasteiger partial charge in [0.15, 0.2) is 23.8 Å². The quantitative estimate of drug-likeness (QED) is 0.310. The first-order chi connectivity index (χ1) is 20.1. The molecule has 3 heterocycles. The van der Waals surface area contributed by atoms with E-state index in [1.165, 1.54) is 16.7 Å². The van der Waals surface area contributed by atoms with Crippen LogP contribution in [0.4, 0.5) is 4.39 Å². The zero-order valence-corrected chi connectivity index (χ0v) is 24.6. The predicted octanol–water partition coefficient (Wildman–Crippen LogP) is 4.76. The maximum absolute atomic E-state index is 15.3. The van der Waals surface area contributed by atoms with Gasteiger partial charge in [-0.15, -0.1) is 0 Å². The van der Waals surface area contributed by atoms with Crippen molar-refractivity contribution in [1.82, 2.24) is 14.1 Å². The third kappa shape index (κ3) is 5.22. The molecule has 0 saturated carbocycles. The average Bonchev–Trinajstić information content (AvgIpc) is 3.47. The first-order valence-corrected chi connectivity index (χ1v) is 14.2. The summed E-state index contributed by atoms with van der Waals surface area (Å²) in [4.78, 5) is 31.4. The molecule has 2 aromatic carbocycles. The minimum atomic E-state index is -0.589. The summed E-state index contributed by atoms with van der Waals surface area (Å²) in [6.07, 6.45) is 5.34. The number of nitrogens with zero attached hydrogens (tertiary/aromatic N) is 5. The van der Waals surface area contributed by atoms with Crippen LogP contribution in [-0.4, -0.2) is 41.9 Å². The number of aromatic nitrogens is 3. The first-order valence-electron chi connectivity index (χ1n) is 14.2. The van der Waals surface area contributed by atoms with Gasteiger partial charge in [-0.25, -0.2) is 4.39 Å². The Kier molecular flexibility index (Phi) is 8.02. The van der Waals surface area contributed by atoms with E-state index in [2.05, 4.69) is 4.98 Å². The highest BCUT2D eigenvalue weighted by atomic mass is 19.1. The summed E-state index contributed by atoms with van der Waals surface area (Å²) in [7, 11) is 1.61. The summed E-state index contributed by atoms with van der Waals surface area (Å²) in [6, 6.07) is 13.8. The van der Waals surface area contributed by atoms with E-state index < -0.39 is 17.3 Å². The van der Waals surface area contributed by atoms with E-state index in [-0.39, 0.29) is 40.5 Å². The van der Waals surface area contributed by atoms with Crippen LogP contribution in [0.1, 0.15) is 62.2 Å². The molecule has 8 nitrogen and oxygen atoms in total. The number of rotatable bonds is 8. The van der Waals surface area contributed by atoms with Gasteiger partial charge in [0.1, 0.15) is 5.82 Å². The van der Waals surface area contributed by atoms with Crippen LogP contribution >= 0.6 is 0 Å². The number of hydrogen-bond acceptors (Lipinski definition) is 5. The molecule has 1 aliphatic rings. The van der Waals surface area contributed by atoms with Crippen molar-refractivity contribution in [1.29, 1.82) is 0 Å². The van der Waals surface area contributed by atoms with Crippen molar-refractivity contribution in [3.05, 3.63) is 109 Å². The molecule has 216 valence electrons. The minimum Gasteiger partial charge on any atom is -0.493 e. The molecule has 5 rings (SSSR count). The van der Waals surface area contributed by atoms with E-state index in [1.807, 2.05) is 56.8 Å². The molecule has 0 spiro atoms. The van der Waals surface area contributed by atoms with Crippen LogP contribution in [-0.2, 0) is 26.3 Å². The Morgan fingerprint density at radius 2 is 1.71 bits per heavy atom. The molecule has 4 aromatic rings. The summed E-state index contributed by atoms with van der Waals surface area (Å²) in [5.74, 6) is -0.711. The molecule has 0 radical (unpaired) electrons. The smallest absolute Gasteiger partial charge is 0.265 e. The van der Waals surface area contributed by atoms with Gasteiger partial charge >= 0.3 is 0 Å². The number of hydrazone groups is 1. The Morgan fingerprint density at radius 1 is 1.00 bits per heavy atom. The molecule has 0 aliphatic carbocycles. The van der Waals surface area contributed by atoms with Crippen LogP contribution in [0.25, 0.3) is 16.8 Å². The Hall–Kier alpha value is -4.66. The standard InChI is InChI=1S/C33H34FN5O3/c1-6-22-10-8-11-23(7-2)29(22)39-30(28-15-17-38(36-28)20(3)4)35-31(40)26(33(39)42)18-21-13-14-24(27(34)19-21)25-12-9-16-37(5)32(25)41/h8-14,16-17,19-20H,6-7,15,18H2,1-5H3/p+1. The lowest BCUT2D eigenvalue weighted by molar-refractivity contribution is -0.557. The highest BCUT2D eigenvalue weighted by Gasteiger charge is 2.29. The zero-order valence-electron chi connectivity index (χ0n) is 24.6. The van der Waals surface area contributed by atoms with Gasteiger partial charge in [0.2, 0.25) is 5.88 Å². The summed E-state index contributed by atoms with van der Waals surface area (Å²) in [6.45, 7) is 8.10. The van der Waals surface area contributed by atoms with Gasteiger partial charge in [-0.2, -0.15) is 4.98 Å². The van der Waals surface area contributed by atoms with Crippen LogP contribution in [0.3, 0.4) is 0 Å². The van der Waals surface area contributed by atoms with E-state index in [4.69, 9.17) is 5.10 Å². The molecule has 42 heavy (non-hydrogen) atoms. The van der Waals surface area contributed by atoms with Gasteiger partial charge in [0, 0.05) is 25.2 Å². The van der Waals surface area contributed by atoms with Gasteiger partial charge < -0.3 is 9.67 Å². The SMILES string of the molecule is CCc1cccc(CC)c1-n1c(C2=N[N+](C(C)C)=CC2)nc(O)c(Cc2ccc(-c3cccn(C)c3=O)c(F)c2)c1=O. The summed E-state index contributed by atoms with van der Waals surface area (Å²) < 4.78 is 20.1. The molecular formula is C33H35FN5O3+. The van der Waals surface area contributed by atoms with E-state index in [1.54, 1.807) is 36.0 Å². The van der Waals surface area contributed by atoms with Crippen molar-refractivity contribution in [2.24, 2.45) is 12.1 Å². The van der Waals surface area contributed by atoms with Crippen molar-refractivity contribution in [2.75, 3.05) is 0 Å². The summed E-state index contributed by atoms with van der Waals surface area (Å²) in [5.41, 5.74) is 3.46. The Balaban J connectivity index is 1.67. The number of aryl methyl sites for hydroxylation is 3. The van der Waals surface area contributed by atoms with Crippen LogP contribution in [0.15, 0.2) is 69.4 Å². The minimum absolute atomic E-state index is 0.0472. The number of pyridine rings is 1. The van der Waals surface area contributed by atoms with Gasteiger partial charge in [-0.1, -0.05) is 48.9 Å². The lowest BCUT2D eigenvalue weighted by Gasteiger charge is -2.20. The number of benzene rings is 2. The predicted molar refractivity (Wildman–Crippen MR) is 163 cm³/mol. The van der Waals surface area contributed by atoms with Crippen LogP contribution in [0.5, 0.6) is 5.88 Å². The molecular weight excluding hydrogens is 533 g/mol. The van der Waals surface area contributed by atoms with Gasteiger partial charge in [-0.05, 0) is 66.7 Å². The van der Waals surface area contributed by atoms with Crippen molar-refractivity contribution in [3.63, 3.8) is 0 Å². The van der Waals surface area contributed by atoms with E-state index >= 15 is 4.39 Å². The molecule has 0 saturated heterocycles. The lowest BCUT2D eigenvalue weighted by Crippen LogP contribution is -2.31. The van der Waals surface area contributed by atoms with Crippen molar-refractivity contribution in [2.45, 2.75) is 59.4 Å². The van der Waals surface area contributed by atoms with E-state index in [0.29, 0.717) is 30.5 Å². The van der Waals surface area contributed by atoms with Crippen LogP contribution in [0.2, 0.25) is 0 Å². The van der Waals surface area contributed by atoms with Crippen molar-refractivity contribution < 1.29 is 14.2 Å². The summed E-state index contributed by atoms with van der Waals surface area (Å²) >= 11 is 0. The summed E-state index contributed by atoms with van der Waals surface area (Å²) in [5, 5.41) is 15.8. The average molecular weight is 569 g/mol. The number of para-hydroxylation sites is 1. The monoisotopic (exact) mass is 568 g/mol. The second-order valence-corrected chi connectivity index (χ2v) is 10.7. The first kappa shape index (κ1) is 28.9. The molecule has 9 heteroatoms. The molecule has 0 amide bonds. The third-order valence-electron chi connectivity index (χ3n) is 7.67. The fraction of sp³-hybridized carbons (Fsp3) is 0.303. The Morgan fingerprint density at radius 3 is 2.33 bits per heavy atom. The molecule has 0 bridgehead atoms. The molecule has 2 aromatic heterocycles. The van der Waals surface area contributed by atoms with Crippen molar-refractivity contribution >= 4 is 11.9 Å². The molecule has 1 aliphatic heterocycles. The molecule has 0 fully saturated rings. The second-order valence-electron chi connectivity index (χ2n) is 10.7. The number of halogens is 1. The normalized spacial score (nSPS) is 13.0. The highest BCUT2D eigenvalue weighted by molar-refractivity contribution is 6.06. The van der Waals surface area contributed by atoms with Gasteiger partial charge in [-0.3, -0.25) is 14.2 Å².